The molecule has 0 saturated heterocycles. The molecule has 33 heavy (non-hydrogen) atoms. The Morgan fingerprint density at radius 3 is 2.55 bits per heavy atom. The highest BCUT2D eigenvalue weighted by molar-refractivity contribution is 5.95. The van der Waals surface area contributed by atoms with Gasteiger partial charge in [-0.25, -0.2) is 9.59 Å². The Bertz CT molecular complexity index is 1080. The number of benzene rings is 2. The van der Waals surface area contributed by atoms with E-state index in [9.17, 15) is 22.8 Å². The molecule has 0 bridgehead atoms. The molecule has 2 N–H and O–H groups in total. The highest BCUT2D eigenvalue weighted by atomic mass is 19.4. The van der Waals surface area contributed by atoms with Gasteiger partial charge in [0, 0.05) is 5.70 Å². The Morgan fingerprint density at radius 2 is 1.88 bits per heavy atom. The summed E-state index contributed by atoms with van der Waals surface area (Å²) in [6.45, 7) is 3.33. The Hall–Kier alpha value is -3.69. The van der Waals surface area contributed by atoms with Crippen LogP contribution in [0.3, 0.4) is 0 Å². The Kier molecular flexibility index (Phi) is 7.15. The zero-order chi connectivity index (χ0) is 24.2. The quantitative estimate of drug-likeness (QED) is 0.590. The number of alkyl halides is 3. The number of halogens is 3. The maximum atomic E-state index is 12.9. The van der Waals surface area contributed by atoms with Gasteiger partial charge >= 0.3 is 18.2 Å². The summed E-state index contributed by atoms with van der Waals surface area (Å²) in [4.78, 5) is 24.5. The van der Waals surface area contributed by atoms with Crippen LogP contribution in [0.25, 0.3) is 0 Å². The molecule has 1 unspecified atom stereocenters. The van der Waals surface area contributed by atoms with Gasteiger partial charge in [0.05, 0.1) is 30.9 Å². The van der Waals surface area contributed by atoms with E-state index in [0.717, 1.165) is 12.1 Å². The molecule has 1 atom stereocenters. The summed E-state index contributed by atoms with van der Waals surface area (Å²) in [6.07, 6.45) is -4.45. The van der Waals surface area contributed by atoms with E-state index < -0.39 is 29.8 Å². The molecule has 7 nitrogen and oxygen atoms in total. The minimum atomic E-state index is -4.45. The Morgan fingerprint density at radius 1 is 1.12 bits per heavy atom. The molecule has 0 aromatic heterocycles. The normalized spacial score (nSPS) is 16.1. The van der Waals surface area contributed by atoms with Crippen molar-refractivity contribution in [1.82, 2.24) is 10.6 Å². The molecule has 1 aliphatic rings. The Balaban J connectivity index is 1.85. The number of carbonyl (C=O) groups is 2. The largest absolute Gasteiger partial charge is 0.493 e. The molecule has 0 fully saturated rings. The third-order valence-electron chi connectivity index (χ3n) is 4.93. The van der Waals surface area contributed by atoms with Crippen LogP contribution in [-0.2, 0) is 22.3 Å². The molecule has 0 saturated carbocycles. The first-order chi connectivity index (χ1) is 15.6. The summed E-state index contributed by atoms with van der Waals surface area (Å²) >= 11 is 0. The fourth-order valence-corrected chi connectivity index (χ4v) is 3.40. The van der Waals surface area contributed by atoms with Crippen LogP contribution >= 0.6 is 0 Å². The number of rotatable bonds is 7. The van der Waals surface area contributed by atoms with Crippen LogP contribution in [0.4, 0.5) is 18.0 Å². The molecule has 0 aliphatic carbocycles. The lowest BCUT2D eigenvalue weighted by atomic mass is 9.95. The lowest BCUT2D eigenvalue weighted by Gasteiger charge is -2.28. The minimum Gasteiger partial charge on any atom is -0.493 e. The highest BCUT2D eigenvalue weighted by Gasteiger charge is 2.33. The van der Waals surface area contributed by atoms with Gasteiger partial charge in [-0.2, -0.15) is 13.2 Å². The van der Waals surface area contributed by atoms with Crippen LogP contribution in [0.5, 0.6) is 11.5 Å². The summed E-state index contributed by atoms with van der Waals surface area (Å²) < 4.78 is 55.0. The minimum absolute atomic E-state index is 0.114. The molecule has 0 radical (unpaired) electrons. The number of urea groups is 1. The van der Waals surface area contributed by atoms with Crippen molar-refractivity contribution in [2.75, 3.05) is 13.7 Å². The smallest absolute Gasteiger partial charge is 0.416 e. The first-order valence-electron chi connectivity index (χ1n) is 10.1. The van der Waals surface area contributed by atoms with E-state index in [1.807, 2.05) is 0 Å². The maximum absolute atomic E-state index is 12.9. The molecular weight excluding hydrogens is 441 g/mol. The number of carbonyl (C=O) groups excluding carboxylic acids is 2. The molecule has 10 heteroatoms. The molecule has 2 aromatic rings. The van der Waals surface area contributed by atoms with Gasteiger partial charge in [-0.3, -0.25) is 0 Å². The Labute approximate surface area is 188 Å². The average molecular weight is 464 g/mol. The zero-order valence-electron chi connectivity index (χ0n) is 18.2. The number of methoxy groups -OCH3 is 1. The average Bonchev–Trinajstić information content (AvgIpc) is 2.76. The fraction of sp³-hybridized carbons (Fsp3) is 0.304. The number of nitrogens with one attached hydrogen (secondary N) is 2. The van der Waals surface area contributed by atoms with Crippen LogP contribution in [0, 0.1) is 0 Å². The van der Waals surface area contributed by atoms with Crippen molar-refractivity contribution in [3.05, 3.63) is 70.4 Å². The monoisotopic (exact) mass is 464 g/mol. The summed E-state index contributed by atoms with van der Waals surface area (Å²) in [5, 5.41) is 5.24. The molecule has 2 aromatic carbocycles. The number of esters is 1. The van der Waals surface area contributed by atoms with E-state index in [2.05, 4.69) is 10.6 Å². The van der Waals surface area contributed by atoms with Crippen molar-refractivity contribution >= 4 is 12.0 Å². The number of hydrogen-bond acceptors (Lipinski definition) is 5. The van der Waals surface area contributed by atoms with Crippen LogP contribution in [0.2, 0.25) is 0 Å². The maximum Gasteiger partial charge on any atom is 0.416 e. The van der Waals surface area contributed by atoms with E-state index in [0.29, 0.717) is 16.8 Å². The number of ether oxygens (including phenoxy) is 3. The molecule has 1 heterocycles. The van der Waals surface area contributed by atoms with Gasteiger partial charge in [-0.05, 0) is 49.2 Å². The molecule has 176 valence electrons. The van der Waals surface area contributed by atoms with Crippen molar-refractivity contribution in [1.29, 1.82) is 0 Å². The third kappa shape index (κ3) is 5.57. The number of allylic oxidation sites excluding steroid dienone is 1. The molecule has 0 spiro atoms. The lowest BCUT2D eigenvalue weighted by molar-refractivity contribution is -0.139. The third-order valence-corrected chi connectivity index (χ3v) is 4.93. The predicted molar refractivity (Wildman–Crippen MR) is 113 cm³/mol. The van der Waals surface area contributed by atoms with E-state index >= 15 is 0 Å². The number of hydrogen-bond donors (Lipinski definition) is 2. The SMILES string of the molecule is CCOC(=O)C1=C(C)NC(=O)NC1c1ccc(OCc2cccc(C(F)(F)F)c2)c(OC)c1. The summed E-state index contributed by atoms with van der Waals surface area (Å²) in [7, 11) is 1.41. The van der Waals surface area contributed by atoms with Gasteiger partial charge < -0.3 is 24.8 Å². The molecular formula is C23H23F3N2O5. The van der Waals surface area contributed by atoms with Crippen molar-refractivity contribution < 1.29 is 37.0 Å². The zero-order valence-corrected chi connectivity index (χ0v) is 18.2. The topological polar surface area (TPSA) is 85.9 Å². The van der Waals surface area contributed by atoms with Gasteiger partial charge in [0.15, 0.2) is 11.5 Å². The predicted octanol–water partition coefficient (Wildman–Crippen LogP) is 4.48. The summed E-state index contributed by atoms with van der Waals surface area (Å²) in [6, 6.07) is 8.37. The van der Waals surface area contributed by atoms with Crippen molar-refractivity contribution in [2.45, 2.75) is 32.7 Å². The van der Waals surface area contributed by atoms with Crippen LogP contribution in [0.1, 0.15) is 36.6 Å². The molecule has 1 aliphatic heterocycles. The first kappa shape index (κ1) is 24.0. The second-order valence-electron chi connectivity index (χ2n) is 7.19. The summed E-state index contributed by atoms with van der Waals surface area (Å²) in [5.41, 5.74) is 0.726. The molecule has 3 rings (SSSR count). The second-order valence-corrected chi connectivity index (χ2v) is 7.19. The molecule has 2 amide bonds. The van der Waals surface area contributed by atoms with E-state index in [-0.39, 0.29) is 30.3 Å². The van der Waals surface area contributed by atoms with Gasteiger partial charge in [0.2, 0.25) is 0 Å². The first-order valence-corrected chi connectivity index (χ1v) is 10.1. The highest BCUT2D eigenvalue weighted by Crippen LogP contribution is 2.35. The second kappa shape index (κ2) is 9.85. The fourth-order valence-electron chi connectivity index (χ4n) is 3.40. The summed E-state index contributed by atoms with van der Waals surface area (Å²) in [5.74, 6) is 0.00164. The lowest BCUT2D eigenvalue weighted by Crippen LogP contribution is -2.45. The van der Waals surface area contributed by atoms with E-state index in [4.69, 9.17) is 14.2 Å². The van der Waals surface area contributed by atoms with Gasteiger partial charge in [0.1, 0.15) is 6.61 Å². The van der Waals surface area contributed by atoms with Crippen molar-refractivity contribution in [3.8, 4) is 11.5 Å². The van der Waals surface area contributed by atoms with E-state index in [1.165, 1.54) is 19.2 Å². The van der Waals surface area contributed by atoms with Crippen molar-refractivity contribution in [2.24, 2.45) is 0 Å². The van der Waals surface area contributed by atoms with Gasteiger partial charge in [-0.15, -0.1) is 0 Å². The standard InChI is InChI=1S/C23H23F3N2O5/c1-4-32-21(29)19-13(2)27-22(30)28-20(19)15-8-9-17(18(11-15)31-3)33-12-14-6-5-7-16(10-14)23(24,25)26/h5-11,20H,4,12H2,1-3H3,(H2,27,28,30). The van der Waals surface area contributed by atoms with Crippen LogP contribution < -0.4 is 20.1 Å². The van der Waals surface area contributed by atoms with Crippen molar-refractivity contribution in [3.63, 3.8) is 0 Å². The van der Waals surface area contributed by atoms with Gasteiger partial charge in [-0.1, -0.05) is 18.2 Å². The van der Waals surface area contributed by atoms with Crippen LogP contribution in [-0.4, -0.2) is 25.7 Å². The van der Waals surface area contributed by atoms with Crippen LogP contribution in [0.15, 0.2) is 53.7 Å². The van der Waals surface area contributed by atoms with Gasteiger partial charge in [0.25, 0.3) is 0 Å². The van der Waals surface area contributed by atoms with E-state index in [1.54, 1.807) is 32.0 Å². The number of amides is 2.